The maximum absolute atomic E-state index is 12.3. The number of piperidine rings is 1. The Morgan fingerprint density at radius 3 is 3.08 bits per heavy atom. The van der Waals surface area contributed by atoms with Gasteiger partial charge in [-0.15, -0.1) is 0 Å². The van der Waals surface area contributed by atoms with Gasteiger partial charge in [0.25, 0.3) is 0 Å². The Bertz CT molecular complexity index is 866. The number of hydrogen-bond donors (Lipinski definition) is 1. The predicted octanol–water partition coefficient (Wildman–Crippen LogP) is 3.60. The van der Waals surface area contributed by atoms with E-state index in [4.69, 9.17) is 4.74 Å². The number of nitrogens with zero attached hydrogens (tertiary/aromatic N) is 1. The molecule has 4 nitrogen and oxygen atoms in total. The van der Waals surface area contributed by atoms with Crippen LogP contribution in [0.2, 0.25) is 0 Å². The van der Waals surface area contributed by atoms with Crippen molar-refractivity contribution >= 4 is 16.9 Å². The first-order valence-corrected chi connectivity index (χ1v) is 9.38. The Balaban J connectivity index is 1.54. The summed E-state index contributed by atoms with van der Waals surface area (Å²) in [7, 11) is 1.50. The molecule has 1 fully saturated rings. The van der Waals surface area contributed by atoms with E-state index in [0.29, 0.717) is 17.9 Å². The van der Waals surface area contributed by atoms with Crippen molar-refractivity contribution in [2.24, 2.45) is 11.8 Å². The number of benzene rings is 1. The predicted molar refractivity (Wildman–Crippen MR) is 97.2 cm³/mol. The fraction of sp³-hybridized carbons (Fsp3) is 0.476. The number of methoxy groups -OCH3 is 1. The SMILES string of the molecule is COC(=O)C1=CCCC2CN3CCc4c([nH]c5ccccc45)C3CC12. The lowest BCUT2D eigenvalue weighted by atomic mass is 9.70. The molecular formula is C21H24N2O2. The average Bonchev–Trinajstić information content (AvgIpc) is 3.04. The van der Waals surface area contributed by atoms with E-state index >= 15 is 0 Å². The van der Waals surface area contributed by atoms with Crippen molar-refractivity contribution in [2.75, 3.05) is 20.2 Å². The zero-order chi connectivity index (χ0) is 17.0. The molecule has 25 heavy (non-hydrogen) atoms. The summed E-state index contributed by atoms with van der Waals surface area (Å²) in [6.45, 7) is 2.22. The second-order valence-corrected chi connectivity index (χ2v) is 7.65. The Labute approximate surface area is 147 Å². The molecule has 0 bridgehead atoms. The number of hydrogen-bond acceptors (Lipinski definition) is 3. The van der Waals surface area contributed by atoms with Crippen LogP contribution < -0.4 is 0 Å². The maximum Gasteiger partial charge on any atom is 0.333 e. The Morgan fingerprint density at radius 1 is 1.32 bits per heavy atom. The van der Waals surface area contributed by atoms with Crippen molar-refractivity contribution in [3.8, 4) is 0 Å². The van der Waals surface area contributed by atoms with E-state index in [1.54, 1.807) is 0 Å². The number of fused-ring (bicyclic) bond motifs is 6. The van der Waals surface area contributed by atoms with Gasteiger partial charge in [-0.25, -0.2) is 4.79 Å². The Morgan fingerprint density at radius 2 is 2.20 bits per heavy atom. The van der Waals surface area contributed by atoms with Crippen LogP contribution >= 0.6 is 0 Å². The average molecular weight is 336 g/mol. The summed E-state index contributed by atoms with van der Waals surface area (Å²) in [4.78, 5) is 18.6. The molecule has 3 unspecified atom stereocenters. The Kier molecular flexibility index (Phi) is 3.49. The molecule has 3 aliphatic rings. The van der Waals surface area contributed by atoms with Gasteiger partial charge in [-0.1, -0.05) is 24.3 Å². The van der Waals surface area contributed by atoms with Crippen molar-refractivity contribution < 1.29 is 9.53 Å². The highest BCUT2D eigenvalue weighted by atomic mass is 16.5. The number of aromatic amines is 1. The van der Waals surface area contributed by atoms with Crippen LogP contribution in [0.25, 0.3) is 10.9 Å². The molecule has 2 aliphatic heterocycles. The van der Waals surface area contributed by atoms with Crippen LogP contribution in [0.3, 0.4) is 0 Å². The molecular weight excluding hydrogens is 312 g/mol. The number of allylic oxidation sites excluding steroid dienone is 1. The summed E-state index contributed by atoms with van der Waals surface area (Å²) in [5.74, 6) is 0.789. The molecule has 1 saturated heterocycles. The van der Waals surface area contributed by atoms with Gasteiger partial charge in [-0.2, -0.15) is 0 Å². The number of carbonyl (C=O) groups is 1. The molecule has 3 atom stereocenters. The molecule has 5 rings (SSSR count). The quantitative estimate of drug-likeness (QED) is 0.810. The molecule has 1 aromatic heterocycles. The van der Waals surface area contributed by atoms with Gasteiger partial charge in [0.2, 0.25) is 0 Å². The van der Waals surface area contributed by atoms with E-state index in [1.165, 1.54) is 35.7 Å². The number of rotatable bonds is 1. The van der Waals surface area contributed by atoms with Crippen molar-refractivity contribution in [1.29, 1.82) is 0 Å². The lowest BCUT2D eigenvalue weighted by molar-refractivity contribution is -0.137. The first kappa shape index (κ1) is 15.2. The zero-order valence-corrected chi connectivity index (χ0v) is 14.6. The first-order chi connectivity index (χ1) is 12.3. The van der Waals surface area contributed by atoms with Gasteiger partial charge in [-0.05, 0) is 49.1 Å². The van der Waals surface area contributed by atoms with Gasteiger partial charge in [0, 0.05) is 35.3 Å². The summed E-state index contributed by atoms with van der Waals surface area (Å²) in [5, 5.41) is 1.37. The van der Waals surface area contributed by atoms with Gasteiger partial charge in [0.15, 0.2) is 0 Å². The standard InChI is InChI=1S/C21H24N2O2/c1-25-21(24)16-7-4-5-13-12-23-10-9-15-14-6-2-3-8-18(14)22-20(15)19(23)11-17(13)16/h2-3,6-8,13,17,19,22H,4-5,9-12H2,1H3. The third kappa shape index (κ3) is 2.27. The van der Waals surface area contributed by atoms with Crippen molar-refractivity contribution in [1.82, 2.24) is 9.88 Å². The normalized spacial score (nSPS) is 28.7. The van der Waals surface area contributed by atoms with Crippen LogP contribution in [0, 0.1) is 11.8 Å². The minimum atomic E-state index is -0.129. The number of nitrogens with one attached hydrogen (secondary N) is 1. The van der Waals surface area contributed by atoms with Gasteiger partial charge in [0.1, 0.15) is 0 Å². The molecule has 1 aliphatic carbocycles. The summed E-state index contributed by atoms with van der Waals surface area (Å²) in [6, 6.07) is 9.01. The van der Waals surface area contributed by atoms with Crippen LogP contribution in [0.5, 0.6) is 0 Å². The van der Waals surface area contributed by atoms with E-state index < -0.39 is 0 Å². The summed E-state index contributed by atoms with van der Waals surface area (Å²) >= 11 is 0. The lowest BCUT2D eigenvalue weighted by Crippen LogP contribution is -2.47. The Hall–Kier alpha value is -2.07. The number of esters is 1. The molecule has 0 amide bonds. The number of carbonyl (C=O) groups excluding carboxylic acids is 1. The van der Waals surface area contributed by atoms with Crippen molar-refractivity contribution in [2.45, 2.75) is 31.7 Å². The second kappa shape index (κ2) is 5.73. The van der Waals surface area contributed by atoms with E-state index in [1.807, 2.05) is 0 Å². The van der Waals surface area contributed by atoms with E-state index in [2.05, 4.69) is 40.2 Å². The van der Waals surface area contributed by atoms with Gasteiger partial charge >= 0.3 is 5.97 Å². The third-order valence-electron chi connectivity index (χ3n) is 6.51. The van der Waals surface area contributed by atoms with Gasteiger partial charge in [-0.3, -0.25) is 4.90 Å². The minimum Gasteiger partial charge on any atom is -0.466 e. The summed E-state index contributed by atoms with van der Waals surface area (Å²) < 4.78 is 5.06. The van der Waals surface area contributed by atoms with E-state index in [9.17, 15) is 4.79 Å². The molecule has 0 radical (unpaired) electrons. The number of para-hydroxylation sites is 1. The van der Waals surface area contributed by atoms with Crippen LogP contribution in [-0.2, 0) is 16.0 Å². The largest absolute Gasteiger partial charge is 0.466 e. The van der Waals surface area contributed by atoms with Crippen molar-refractivity contribution in [3.05, 3.63) is 47.2 Å². The molecule has 130 valence electrons. The summed E-state index contributed by atoms with van der Waals surface area (Å²) in [5.41, 5.74) is 5.01. The third-order valence-corrected chi connectivity index (χ3v) is 6.51. The fourth-order valence-electron chi connectivity index (χ4n) is 5.35. The van der Waals surface area contributed by atoms with E-state index in [-0.39, 0.29) is 5.97 Å². The number of ether oxygens (including phenoxy) is 1. The second-order valence-electron chi connectivity index (χ2n) is 7.65. The zero-order valence-electron chi connectivity index (χ0n) is 14.6. The fourth-order valence-corrected chi connectivity index (χ4v) is 5.35. The van der Waals surface area contributed by atoms with Gasteiger partial charge in [0.05, 0.1) is 13.2 Å². The maximum atomic E-state index is 12.3. The summed E-state index contributed by atoms with van der Waals surface area (Å²) in [6.07, 6.45) is 6.45. The van der Waals surface area contributed by atoms with Crippen LogP contribution in [0.1, 0.15) is 36.6 Å². The number of aromatic nitrogens is 1. The topological polar surface area (TPSA) is 45.3 Å². The molecule has 1 aromatic carbocycles. The highest BCUT2D eigenvalue weighted by Crippen LogP contribution is 2.47. The smallest absolute Gasteiger partial charge is 0.333 e. The van der Waals surface area contributed by atoms with Crippen LogP contribution in [0.4, 0.5) is 0 Å². The highest BCUT2D eigenvalue weighted by molar-refractivity contribution is 5.89. The molecule has 4 heteroatoms. The van der Waals surface area contributed by atoms with Gasteiger partial charge < -0.3 is 9.72 Å². The van der Waals surface area contributed by atoms with Crippen LogP contribution in [0.15, 0.2) is 35.9 Å². The van der Waals surface area contributed by atoms with Crippen LogP contribution in [-0.4, -0.2) is 36.1 Å². The number of H-pyrrole nitrogens is 1. The molecule has 0 saturated carbocycles. The minimum absolute atomic E-state index is 0.129. The monoisotopic (exact) mass is 336 g/mol. The first-order valence-electron chi connectivity index (χ1n) is 9.38. The molecule has 3 heterocycles. The van der Waals surface area contributed by atoms with E-state index in [0.717, 1.165) is 37.9 Å². The highest BCUT2D eigenvalue weighted by Gasteiger charge is 2.43. The molecule has 2 aromatic rings. The van der Waals surface area contributed by atoms with Crippen molar-refractivity contribution in [3.63, 3.8) is 0 Å². The molecule has 1 N–H and O–H groups in total. The molecule has 0 spiro atoms. The lowest BCUT2D eigenvalue weighted by Gasteiger charge is -2.47.